The fourth-order valence-corrected chi connectivity index (χ4v) is 0.507. The zero-order chi connectivity index (χ0) is 7.82. The summed E-state index contributed by atoms with van der Waals surface area (Å²) >= 11 is 0. The van der Waals surface area contributed by atoms with Crippen molar-refractivity contribution in [3.63, 3.8) is 0 Å². The molecule has 0 saturated heterocycles. The highest BCUT2D eigenvalue weighted by Crippen LogP contribution is 1.97. The second kappa shape index (κ2) is 5.91. The van der Waals surface area contributed by atoms with Gasteiger partial charge in [-0.1, -0.05) is 18.5 Å². The molecule has 0 aliphatic carbocycles. The van der Waals surface area contributed by atoms with Gasteiger partial charge < -0.3 is 5.21 Å². The Kier molecular flexibility index (Phi) is 5.19. The van der Waals surface area contributed by atoms with Crippen LogP contribution >= 0.6 is 0 Å². The Balaban J connectivity index is 3.73. The van der Waals surface area contributed by atoms with Crippen LogP contribution in [0, 0.1) is 0 Å². The van der Waals surface area contributed by atoms with Gasteiger partial charge >= 0.3 is 0 Å². The fourth-order valence-electron chi connectivity index (χ4n) is 0.507. The Hall–Kier alpha value is -1.22. The summed E-state index contributed by atoms with van der Waals surface area (Å²) in [5.74, 6) is 0.157. The molecule has 0 aromatic carbocycles. The van der Waals surface area contributed by atoms with Crippen molar-refractivity contribution in [2.24, 2.45) is 10.3 Å². The van der Waals surface area contributed by atoms with E-state index in [-0.39, 0.29) is 5.84 Å². The van der Waals surface area contributed by atoms with Crippen LogP contribution in [0.2, 0.25) is 0 Å². The van der Waals surface area contributed by atoms with Crippen LogP contribution in [-0.4, -0.2) is 11.0 Å². The zero-order valence-electron chi connectivity index (χ0n) is 5.86. The van der Waals surface area contributed by atoms with E-state index >= 15 is 0 Å². The van der Waals surface area contributed by atoms with Gasteiger partial charge in [-0.2, -0.15) is 0 Å². The normalized spacial score (nSPS) is 10.7. The van der Waals surface area contributed by atoms with Crippen LogP contribution in [0.3, 0.4) is 0 Å². The molecule has 0 heterocycles. The summed E-state index contributed by atoms with van der Waals surface area (Å²) in [5.41, 5.74) is 7.93. The minimum atomic E-state index is 0.157. The summed E-state index contributed by atoms with van der Waals surface area (Å²) in [6.45, 7) is 2.01. The number of azide groups is 1. The molecule has 0 aromatic heterocycles. The van der Waals surface area contributed by atoms with Crippen LogP contribution in [0.4, 0.5) is 0 Å². The number of oxime groups is 1. The molecule has 5 heteroatoms. The molecule has 0 unspecified atom stereocenters. The molecule has 0 radical (unpaired) electrons. The van der Waals surface area contributed by atoms with Crippen molar-refractivity contribution in [2.45, 2.75) is 26.2 Å². The van der Waals surface area contributed by atoms with E-state index in [0.29, 0.717) is 6.42 Å². The smallest absolute Gasteiger partial charge is 0.143 e. The van der Waals surface area contributed by atoms with Gasteiger partial charge in [0, 0.05) is 4.91 Å². The largest absolute Gasteiger partial charge is 0.411 e. The summed E-state index contributed by atoms with van der Waals surface area (Å²) in [6, 6.07) is 0. The van der Waals surface area contributed by atoms with Crippen LogP contribution in [0.5, 0.6) is 0 Å². The quantitative estimate of drug-likeness (QED) is 0.122. The molecule has 0 saturated carbocycles. The highest BCUT2D eigenvalue weighted by molar-refractivity contribution is 5.82. The second-order valence-corrected chi connectivity index (χ2v) is 1.81. The Bertz CT molecular complexity index is 159. The highest BCUT2D eigenvalue weighted by atomic mass is 16.4. The Morgan fingerprint density at radius 2 is 2.40 bits per heavy atom. The maximum absolute atomic E-state index is 8.21. The summed E-state index contributed by atoms with van der Waals surface area (Å²) in [4.78, 5) is 2.49. The molecular weight excluding hydrogens is 132 g/mol. The number of amidine groups is 1. The fraction of sp³-hybridized carbons (Fsp3) is 0.800. The Morgan fingerprint density at radius 1 is 1.70 bits per heavy atom. The molecule has 0 fully saturated rings. The van der Waals surface area contributed by atoms with Crippen LogP contribution in [0.25, 0.3) is 10.4 Å². The molecular formula is C5H10N4O. The average molecular weight is 142 g/mol. The van der Waals surface area contributed by atoms with Gasteiger partial charge in [-0.25, -0.2) is 0 Å². The van der Waals surface area contributed by atoms with E-state index in [9.17, 15) is 0 Å². The molecule has 0 aliphatic rings. The summed E-state index contributed by atoms with van der Waals surface area (Å²) in [7, 11) is 0. The minimum absolute atomic E-state index is 0.157. The number of unbranched alkanes of at least 4 members (excludes halogenated alkanes) is 1. The van der Waals surface area contributed by atoms with Gasteiger partial charge in [-0.3, -0.25) is 0 Å². The lowest BCUT2D eigenvalue weighted by molar-refractivity contribution is 0.316. The predicted molar refractivity (Wildman–Crippen MR) is 37.9 cm³/mol. The van der Waals surface area contributed by atoms with Gasteiger partial charge in [0.25, 0.3) is 0 Å². The Labute approximate surface area is 59.0 Å². The zero-order valence-corrected chi connectivity index (χ0v) is 5.86. The molecule has 56 valence electrons. The summed E-state index contributed by atoms with van der Waals surface area (Å²) in [6.07, 6.45) is 2.40. The molecule has 5 nitrogen and oxygen atoms in total. The minimum Gasteiger partial charge on any atom is -0.411 e. The number of rotatable bonds is 3. The molecule has 0 amide bonds. The average Bonchev–Trinajstić information content (AvgIpc) is 1.98. The van der Waals surface area contributed by atoms with Crippen molar-refractivity contribution in [3.8, 4) is 0 Å². The molecule has 10 heavy (non-hydrogen) atoms. The van der Waals surface area contributed by atoms with Crippen molar-refractivity contribution in [1.82, 2.24) is 0 Å². The third kappa shape index (κ3) is 3.74. The van der Waals surface area contributed by atoms with E-state index < -0.39 is 0 Å². The second-order valence-electron chi connectivity index (χ2n) is 1.81. The lowest BCUT2D eigenvalue weighted by atomic mass is 10.2. The summed E-state index contributed by atoms with van der Waals surface area (Å²) < 4.78 is 0. The van der Waals surface area contributed by atoms with E-state index in [1.807, 2.05) is 6.92 Å². The third-order valence-electron chi connectivity index (χ3n) is 1.03. The van der Waals surface area contributed by atoms with E-state index in [4.69, 9.17) is 10.7 Å². The summed E-state index contributed by atoms with van der Waals surface area (Å²) in [5, 5.41) is 14.2. The van der Waals surface area contributed by atoms with Gasteiger partial charge in [-0.05, 0) is 23.5 Å². The van der Waals surface area contributed by atoms with Gasteiger partial charge in [0.1, 0.15) is 5.84 Å². The first-order valence-electron chi connectivity index (χ1n) is 3.11. The van der Waals surface area contributed by atoms with Crippen LogP contribution in [-0.2, 0) is 0 Å². The number of nitrogens with zero attached hydrogens (tertiary/aromatic N) is 4. The molecule has 1 N–H and O–H groups in total. The van der Waals surface area contributed by atoms with Crippen LogP contribution in [0.1, 0.15) is 26.2 Å². The molecule has 0 bridgehead atoms. The van der Waals surface area contributed by atoms with Crippen molar-refractivity contribution < 1.29 is 5.21 Å². The van der Waals surface area contributed by atoms with Crippen LogP contribution in [0.15, 0.2) is 10.3 Å². The Morgan fingerprint density at radius 3 is 2.80 bits per heavy atom. The van der Waals surface area contributed by atoms with E-state index in [2.05, 4.69) is 15.2 Å². The maximum Gasteiger partial charge on any atom is 0.143 e. The number of hydrogen-bond acceptors (Lipinski definition) is 2. The molecule has 0 rings (SSSR count). The topological polar surface area (TPSA) is 81.4 Å². The van der Waals surface area contributed by atoms with Crippen molar-refractivity contribution in [3.05, 3.63) is 10.4 Å². The maximum atomic E-state index is 8.21. The van der Waals surface area contributed by atoms with E-state index in [1.54, 1.807) is 0 Å². The van der Waals surface area contributed by atoms with Crippen molar-refractivity contribution in [2.75, 3.05) is 0 Å². The third-order valence-corrected chi connectivity index (χ3v) is 1.03. The van der Waals surface area contributed by atoms with Gasteiger partial charge in [0.2, 0.25) is 0 Å². The lowest BCUT2D eigenvalue weighted by Gasteiger charge is -1.91. The SMILES string of the molecule is CCCCC(N=[N+]=[N-])=NO. The van der Waals surface area contributed by atoms with Gasteiger partial charge in [0.15, 0.2) is 0 Å². The predicted octanol–water partition coefficient (Wildman–Crippen LogP) is 2.27. The van der Waals surface area contributed by atoms with Crippen molar-refractivity contribution in [1.29, 1.82) is 0 Å². The van der Waals surface area contributed by atoms with Gasteiger partial charge in [0.05, 0.1) is 0 Å². The van der Waals surface area contributed by atoms with Gasteiger partial charge in [-0.15, -0.1) is 0 Å². The van der Waals surface area contributed by atoms with Crippen molar-refractivity contribution >= 4 is 5.84 Å². The first-order valence-corrected chi connectivity index (χ1v) is 3.11. The highest BCUT2D eigenvalue weighted by Gasteiger charge is 1.93. The first kappa shape index (κ1) is 8.78. The van der Waals surface area contributed by atoms with Crippen LogP contribution < -0.4 is 0 Å². The molecule has 0 spiro atoms. The first-order chi connectivity index (χ1) is 4.85. The van der Waals surface area contributed by atoms with E-state index in [0.717, 1.165) is 12.8 Å². The molecule has 0 atom stereocenters. The number of hydrogen-bond donors (Lipinski definition) is 1. The molecule has 0 aromatic rings. The molecule has 0 aliphatic heterocycles. The monoisotopic (exact) mass is 142 g/mol. The lowest BCUT2D eigenvalue weighted by Crippen LogP contribution is -1.91. The van der Waals surface area contributed by atoms with E-state index in [1.165, 1.54) is 0 Å². The standard InChI is InChI=1S/C5H10N4O/c1-2-3-4-5(8-10)7-9-6/h10H,2-4H2,1H3.